The van der Waals surface area contributed by atoms with Crippen LogP contribution in [0.15, 0.2) is 24.3 Å². The molecule has 0 aliphatic heterocycles. The molecule has 3 N–H and O–H groups in total. The first-order valence-electron chi connectivity index (χ1n) is 7.57. The van der Waals surface area contributed by atoms with Gasteiger partial charge < -0.3 is 15.7 Å². The lowest BCUT2D eigenvalue weighted by molar-refractivity contribution is -0.137. The molecule has 23 heavy (non-hydrogen) atoms. The van der Waals surface area contributed by atoms with Crippen molar-refractivity contribution in [2.24, 2.45) is 5.41 Å². The molecule has 126 valence electrons. The number of carbonyl (C=O) groups excluding carboxylic acids is 2. The number of benzene rings is 1. The molecule has 0 heterocycles. The average molecular weight is 320 g/mol. The number of amides is 2. The van der Waals surface area contributed by atoms with Gasteiger partial charge in [0.1, 0.15) is 0 Å². The maximum absolute atomic E-state index is 11.9. The third-order valence-electron chi connectivity index (χ3n) is 3.16. The number of carboxylic acid groups (broad SMARTS) is 1. The molecule has 0 unspecified atom stereocenters. The average Bonchev–Trinajstić information content (AvgIpc) is 2.44. The molecule has 1 rings (SSSR count). The van der Waals surface area contributed by atoms with Gasteiger partial charge in [0, 0.05) is 30.5 Å². The van der Waals surface area contributed by atoms with Crippen LogP contribution in [0.4, 0.5) is 5.69 Å². The van der Waals surface area contributed by atoms with Gasteiger partial charge in [-0.15, -0.1) is 0 Å². The predicted molar refractivity (Wildman–Crippen MR) is 88.1 cm³/mol. The minimum atomic E-state index is -0.853. The number of nitrogens with one attached hydrogen (secondary N) is 2. The topological polar surface area (TPSA) is 95.5 Å². The van der Waals surface area contributed by atoms with Gasteiger partial charge in [-0.25, -0.2) is 0 Å². The lowest BCUT2D eigenvalue weighted by Crippen LogP contribution is -2.36. The van der Waals surface area contributed by atoms with Crippen LogP contribution in [0.1, 0.15) is 39.2 Å². The van der Waals surface area contributed by atoms with Gasteiger partial charge in [0.05, 0.1) is 0 Å². The lowest BCUT2D eigenvalue weighted by atomic mass is 9.96. The zero-order valence-corrected chi connectivity index (χ0v) is 13.8. The minimum absolute atomic E-state index is 0.0518. The van der Waals surface area contributed by atoms with Gasteiger partial charge in [0.15, 0.2) is 0 Å². The van der Waals surface area contributed by atoms with E-state index in [4.69, 9.17) is 5.11 Å². The molecular weight excluding hydrogens is 296 g/mol. The summed E-state index contributed by atoms with van der Waals surface area (Å²) in [7, 11) is 0. The highest BCUT2D eigenvalue weighted by atomic mass is 16.4. The maximum Gasteiger partial charge on any atom is 0.303 e. The molecule has 0 radical (unpaired) electrons. The first-order valence-corrected chi connectivity index (χ1v) is 7.57. The standard InChI is InChI=1S/C17H24N2O4/c1-17(2,3)16(23)18-10-9-14(20)19-13-6-4-5-12(11-13)7-8-15(21)22/h4-6,11H,7-10H2,1-3H3,(H,18,23)(H,19,20)(H,21,22). The van der Waals surface area contributed by atoms with E-state index in [-0.39, 0.29) is 31.2 Å². The fourth-order valence-electron chi connectivity index (χ4n) is 1.83. The SMILES string of the molecule is CC(C)(C)C(=O)NCCC(=O)Nc1cccc(CCC(=O)O)c1. The number of rotatable bonds is 7. The van der Waals surface area contributed by atoms with Gasteiger partial charge >= 0.3 is 5.97 Å². The summed E-state index contributed by atoms with van der Waals surface area (Å²) in [5.41, 5.74) is 1.00. The largest absolute Gasteiger partial charge is 0.481 e. The third kappa shape index (κ3) is 7.44. The van der Waals surface area contributed by atoms with Crippen molar-refractivity contribution in [2.45, 2.75) is 40.0 Å². The Bertz CT molecular complexity index is 576. The van der Waals surface area contributed by atoms with E-state index >= 15 is 0 Å². The van der Waals surface area contributed by atoms with Crippen LogP contribution in [0.25, 0.3) is 0 Å². The molecule has 0 atom stereocenters. The molecule has 0 fully saturated rings. The van der Waals surface area contributed by atoms with E-state index in [2.05, 4.69) is 10.6 Å². The molecule has 0 aromatic heterocycles. The Kier molecular flexibility index (Phi) is 6.75. The second-order valence-electron chi connectivity index (χ2n) is 6.40. The molecule has 2 amide bonds. The van der Waals surface area contributed by atoms with Crippen LogP contribution in [-0.4, -0.2) is 29.4 Å². The fourth-order valence-corrected chi connectivity index (χ4v) is 1.83. The highest BCUT2D eigenvalue weighted by Gasteiger charge is 2.20. The van der Waals surface area contributed by atoms with Crippen molar-refractivity contribution in [3.63, 3.8) is 0 Å². The van der Waals surface area contributed by atoms with E-state index in [9.17, 15) is 14.4 Å². The predicted octanol–water partition coefficient (Wildman–Crippen LogP) is 2.19. The summed E-state index contributed by atoms with van der Waals surface area (Å²) in [5.74, 6) is -1.15. The summed E-state index contributed by atoms with van der Waals surface area (Å²) in [6.07, 6.45) is 0.651. The van der Waals surface area contributed by atoms with Crippen molar-refractivity contribution in [2.75, 3.05) is 11.9 Å². The molecule has 0 spiro atoms. The Labute approximate surface area is 136 Å². The highest BCUT2D eigenvalue weighted by Crippen LogP contribution is 2.13. The molecular formula is C17H24N2O4. The zero-order chi connectivity index (χ0) is 17.5. The molecule has 1 aromatic rings. The van der Waals surface area contributed by atoms with Gasteiger partial charge in [-0.2, -0.15) is 0 Å². The van der Waals surface area contributed by atoms with E-state index in [0.29, 0.717) is 12.1 Å². The number of aryl methyl sites for hydroxylation is 1. The van der Waals surface area contributed by atoms with Crippen LogP contribution in [0.2, 0.25) is 0 Å². The molecule has 0 saturated carbocycles. The van der Waals surface area contributed by atoms with Gasteiger partial charge in [0.25, 0.3) is 0 Å². The van der Waals surface area contributed by atoms with Gasteiger partial charge in [-0.05, 0) is 24.1 Å². The molecule has 1 aromatic carbocycles. The minimum Gasteiger partial charge on any atom is -0.481 e. The number of carboxylic acids is 1. The van der Waals surface area contributed by atoms with E-state index in [0.717, 1.165) is 5.56 Å². The van der Waals surface area contributed by atoms with Crippen molar-refractivity contribution < 1.29 is 19.5 Å². The van der Waals surface area contributed by atoms with Crippen molar-refractivity contribution in [3.8, 4) is 0 Å². The quantitative estimate of drug-likeness (QED) is 0.717. The first-order chi connectivity index (χ1) is 10.7. The molecule has 6 nitrogen and oxygen atoms in total. The zero-order valence-electron chi connectivity index (χ0n) is 13.8. The van der Waals surface area contributed by atoms with Crippen LogP contribution in [-0.2, 0) is 20.8 Å². The van der Waals surface area contributed by atoms with Crippen LogP contribution in [0.3, 0.4) is 0 Å². The molecule has 0 bridgehead atoms. The Balaban J connectivity index is 2.44. The van der Waals surface area contributed by atoms with Gasteiger partial charge in [-0.1, -0.05) is 32.9 Å². The smallest absolute Gasteiger partial charge is 0.303 e. The normalized spacial score (nSPS) is 10.9. The summed E-state index contributed by atoms with van der Waals surface area (Å²) in [6, 6.07) is 7.10. The number of carbonyl (C=O) groups is 3. The Morgan fingerprint density at radius 3 is 2.43 bits per heavy atom. The van der Waals surface area contributed by atoms with Crippen molar-refractivity contribution in [3.05, 3.63) is 29.8 Å². The summed E-state index contributed by atoms with van der Waals surface area (Å²) < 4.78 is 0. The Morgan fingerprint density at radius 2 is 1.83 bits per heavy atom. The van der Waals surface area contributed by atoms with Crippen LogP contribution >= 0.6 is 0 Å². The van der Waals surface area contributed by atoms with E-state index in [1.165, 1.54) is 0 Å². The summed E-state index contributed by atoms with van der Waals surface area (Å²) in [6.45, 7) is 5.71. The van der Waals surface area contributed by atoms with Crippen molar-refractivity contribution in [1.82, 2.24) is 5.32 Å². The lowest BCUT2D eigenvalue weighted by Gasteiger charge is -2.17. The molecule has 6 heteroatoms. The summed E-state index contributed by atoms with van der Waals surface area (Å²) in [5, 5.41) is 14.1. The van der Waals surface area contributed by atoms with E-state index in [1.54, 1.807) is 18.2 Å². The number of aliphatic carboxylic acids is 1. The van der Waals surface area contributed by atoms with Crippen molar-refractivity contribution in [1.29, 1.82) is 0 Å². The number of hydrogen-bond acceptors (Lipinski definition) is 3. The fraction of sp³-hybridized carbons (Fsp3) is 0.471. The molecule has 0 aliphatic carbocycles. The van der Waals surface area contributed by atoms with Crippen LogP contribution in [0, 0.1) is 5.41 Å². The Morgan fingerprint density at radius 1 is 1.13 bits per heavy atom. The third-order valence-corrected chi connectivity index (χ3v) is 3.16. The number of hydrogen-bond donors (Lipinski definition) is 3. The van der Waals surface area contributed by atoms with Crippen LogP contribution < -0.4 is 10.6 Å². The number of anilines is 1. The molecule has 0 saturated heterocycles. The van der Waals surface area contributed by atoms with E-state index in [1.807, 2.05) is 26.8 Å². The van der Waals surface area contributed by atoms with Gasteiger partial charge in [0.2, 0.25) is 11.8 Å². The summed E-state index contributed by atoms with van der Waals surface area (Å²) >= 11 is 0. The summed E-state index contributed by atoms with van der Waals surface area (Å²) in [4.78, 5) is 34.1. The Hall–Kier alpha value is -2.37. The van der Waals surface area contributed by atoms with Gasteiger partial charge in [-0.3, -0.25) is 14.4 Å². The van der Waals surface area contributed by atoms with Crippen LogP contribution in [0.5, 0.6) is 0 Å². The second-order valence-corrected chi connectivity index (χ2v) is 6.40. The van der Waals surface area contributed by atoms with Crippen molar-refractivity contribution >= 4 is 23.5 Å². The highest BCUT2D eigenvalue weighted by molar-refractivity contribution is 5.91. The molecule has 0 aliphatic rings. The maximum atomic E-state index is 11.9. The second kappa shape index (κ2) is 8.31. The monoisotopic (exact) mass is 320 g/mol. The van der Waals surface area contributed by atoms with E-state index < -0.39 is 11.4 Å². The first kappa shape index (κ1) is 18.7.